The number of amides is 5. The van der Waals surface area contributed by atoms with Gasteiger partial charge < -0.3 is 46.9 Å². The molecule has 5 amide bonds. The van der Waals surface area contributed by atoms with Gasteiger partial charge in [-0.3, -0.25) is 24.0 Å². The number of aliphatic carboxylic acids is 1. The summed E-state index contributed by atoms with van der Waals surface area (Å²) in [6, 6.07) is 16.0. The van der Waals surface area contributed by atoms with Crippen LogP contribution in [-0.2, 0) is 61.0 Å². The Morgan fingerprint density at radius 2 is 1.52 bits per heavy atom. The predicted octanol–water partition coefficient (Wildman–Crippen LogP) is 0.955. The molecule has 62 heavy (non-hydrogen) atoms. The van der Waals surface area contributed by atoms with E-state index in [-0.39, 0.29) is 50.4 Å². The Morgan fingerprint density at radius 1 is 0.855 bits per heavy atom. The number of aromatic hydroxyl groups is 1. The van der Waals surface area contributed by atoms with E-state index in [1.165, 1.54) is 12.1 Å². The Balaban J connectivity index is 1.43. The van der Waals surface area contributed by atoms with Crippen LogP contribution in [0.4, 0.5) is 0 Å². The molecule has 0 fully saturated rings. The van der Waals surface area contributed by atoms with Crippen LogP contribution in [0.15, 0.2) is 85.1 Å². The van der Waals surface area contributed by atoms with Crippen molar-refractivity contribution in [2.45, 2.75) is 95.0 Å². The third kappa shape index (κ3) is 14.7. The van der Waals surface area contributed by atoms with Crippen LogP contribution < -0.4 is 36.6 Å². The number of carbonyl (C=O) groups is 6. The average Bonchev–Trinajstić information content (AvgIpc) is 3.72. The summed E-state index contributed by atoms with van der Waals surface area (Å²) in [5, 5.41) is 45.1. The third-order valence-corrected chi connectivity index (χ3v) is 10.4. The van der Waals surface area contributed by atoms with Crippen molar-refractivity contribution in [1.82, 2.24) is 46.9 Å². The molecule has 0 spiro atoms. The molecule has 8 N–H and O–H groups in total. The summed E-state index contributed by atoms with van der Waals surface area (Å²) in [5.74, 6) is -3.56. The highest BCUT2D eigenvalue weighted by Crippen LogP contribution is 2.16. The molecule has 3 aromatic carbocycles. The van der Waals surface area contributed by atoms with Gasteiger partial charge in [0.2, 0.25) is 29.5 Å². The second-order valence-corrected chi connectivity index (χ2v) is 15.2. The molecule has 0 unspecified atom stereocenters. The van der Waals surface area contributed by atoms with Crippen LogP contribution in [0.5, 0.6) is 11.5 Å². The first-order valence-electron chi connectivity index (χ1n) is 20.7. The number of aryl methyl sites for hydroxylation is 1. The smallest absolute Gasteiger partial charge is 0.326 e. The number of nitrogens with one attached hydrogen (secondary N) is 6. The van der Waals surface area contributed by atoms with E-state index in [1.807, 2.05) is 0 Å². The third-order valence-electron chi connectivity index (χ3n) is 10.4. The summed E-state index contributed by atoms with van der Waals surface area (Å²) in [5.41, 5.74) is 2.49. The minimum atomic E-state index is -1.37. The highest BCUT2D eigenvalue weighted by molar-refractivity contribution is 5.95. The monoisotopic (exact) mass is 853 g/mol. The maximum atomic E-state index is 14.3. The van der Waals surface area contributed by atoms with Gasteiger partial charge in [-0.1, -0.05) is 59.8 Å². The first kappa shape index (κ1) is 46.2. The van der Waals surface area contributed by atoms with E-state index in [0.717, 1.165) is 0 Å². The van der Waals surface area contributed by atoms with E-state index in [1.54, 1.807) is 91.6 Å². The largest absolute Gasteiger partial charge is 0.508 e. The number of ether oxygens (including phenoxy) is 1. The maximum Gasteiger partial charge on any atom is 0.326 e. The lowest BCUT2D eigenvalue weighted by molar-refractivity contribution is -0.142. The molecule has 18 nitrogen and oxygen atoms in total. The number of aromatic nitrogens is 3. The number of carboxylic acid groups (broad SMARTS) is 1. The van der Waals surface area contributed by atoms with Crippen molar-refractivity contribution in [2.75, 3.05) is 20.2 Å². The first-order valence-corrected chi connectivity index (χ1v) is 20.7. The number of rotatable bonds is 8. The fraction of sp³-hybridized carbons (Fsp3) is 0.409. The molecule has 0 saturated heterocycles. The number of likely N-dealkylation sites (N-methyl/N-ethyl adjacent to an activating group) is 1. The van der Waals surface area contributed by atoms with Crippen LogP contribution in [0.1, 0.15) is 55.0 Å². The highest BCUT2D eigenvalue weighted by Gasteiger charge is 2.32. The fourth-order valence-corrected chi connectivity index (χ4v) is 6.66. The molecular formula is C44H55N9O9. The summed E-state index contributed by atoms with van der Waals surface area (Å²) in [4.78, 5) is 80.7. The summed E-state index contributed by atoms with van der Waals surface area (Å²) in [6.07, 6.45) is 3.22. The number of hydrogen-bond donors (Lipinski definition) is 8. The van der Waals surface area contributed by atoms with Gasteiger partial charge in [0.25, 0.3) is 0 Å². The number of carboxylic acids is 1. The molecule has 3 heterocycles. The van der Waals surface area contributed by atoms with Gasteiger partial charge in [-0.2, -0.15) is 0 Å². The van der Waals surface area contributed by atoms with E-state index in [9.17, 15) is 39.0 Å². The quantitative estimate of drug-likeness (QED) is 0.115. The van der Waals surface area contributed by atoms with Gasteiger partial charge in [0.05, 0.1) is 18.3 Å². The van der Waals surface area contributed by atoms with Crippen LogP contribution in [-0.4, -0.2) is 111 Å². The Labute approximate surface area is 359 Å². The summed E-state index contributed by atoms with van der Waals surface area (Å²) in [7, 11) is 1.60. The van der Waals surface area contributed by atoms with Crippen molar-refractivity contribution in [3.8, 4) is 11.5 Å². The lowest BCUT2D eigenvalue weighted by atomic mass is 10.0. The van der Waals surface area contributed by atoms with Crippen LogP contribution in [0.2, 0.25) is 0 Å². The van der Waals surface area contributed by atoms with Crippen molar-refractivity contribution in [1.29, 1.82) is 0 Å². The number of nitrogens with zero attached hydrogens (tertiary/aromatic N) is 3. The highest BCUT2D eigenvalue weighted by atomic mass is 16.5. The van der Waals surface area contributed by atoms with E-state index in [0.29, 0.717) is 60.5 Å². The van der Waals surface area contributed by atoms with Crippen molar-refractivity contribution >= 4 is 35.5 Å². The van der Waals surface area contributed by atoms with Crippen LogP contribution in [0.25, 0.3) is 0 Å². The summed E-state index contributed by atoms with van der Waals surface area (Å²) < 4.78 is 7.48. The molecule has 1 aromatic heterocycles. The van der Waals surface area contributed by atoms with Gasteiger partial charge in [0, 0.05) is 44.8 Å². The standard InChI is InChI=1S/C44H55N9O9/c1-28(45-2)40(56)47-35-10-6-7-21-46-39(55)20-15-32-27-53(52-51-32)22-23-62-34-18-13-31(14-19-34)26-38(44(60)61)50-43(59)36(24-29-8-4-3-5-9-29)49-42(58)37(48-41(35)57)25-30-11-16-33(54)17-12-30/h3-5,8-9,11-14,16-19,27-28,35-38,45,54H,6-7,10,15,20-26H2,1-2H3,(H,46,55)(H,47,56)(H,48,57)(H,49,58)(H,50,59)(H,60,61)/t28-,35-,36-,37-,38+/m0/s1. The molecule has 0 aliphatic carbocycles. The van der Waals surface area contributed by atoms with Crippen molar-refractivity contribution in [2.24, 2.45) is 0 Å². The fourth-order valence-electron chi connectivity index (χ4n) is 6.66. The molecule has 6 rings (SSSR count). The van der Waals surface area contributed by atoms with Gasteiger partial charge >= 0.3 is 5.97 Å². The number of carbonyl (C=O) groups excluding carboxylic acids is 5. The Morgan fingerprint density at radius 3 is 2.19 bits per heavy atom. The molecule has 4 aromatic rings. The van der Waals surface area contributed by atoms with E-state index < -0.39 is 59.8 Å². The zero-order valence-electron chi connectivity index (χ0n) is 34.8. The zero-order chi connectivity index (χ0) is 44.4. The molecule has 0 radical (unpaired) electrons. The molecule has 0 saturated carbocycles. The second-order valence-electron chi connectivity index (χ2n) is 15.2. The normalized spacial score (nSPS) is 20.7. The maximum absolute atomic E-state index is 14.3. The van der Waals surface area contributed by atoms with Gasteiger partial charge in [0.1, 0.15) is 42.3 Å². The number of hydrogen-bond acceptors (Lipinski definition) is 11. The Bertz CT molecular complexity index is 2110. The molecule has 5 atom stereocenters. The summed E-state index contributed by atoms with van der Waals surface area (Å²) in [6.45, 7) is 2.60. The SMILES string of the molecule is CN[C@@H](C)C(=O)N[C@H]1CCCCNC(=O)CCc2cn(nn2)CCOc2ccc(cc2)C[C@H](C(=O)O)NC(=O)[C@H](Cc2ccccc2)NC(=O)[C@H](Cc2ccc(O)cc2)NC1=O. The molecule has 18 heteroatoms. The minimum absolute atomic E-state index is 0.00751. The van der Waals surface area contributed by atoms with Gasteiger partial charge in [-0.25, -0.2) is 9.48 Å². The second kappa shape index (κ2) is 23.3. The van der Waals surface area contributed by atoms with E-state index in [4.69, 9.17) is 4.74 Å². The molecule has 4 bridgehead atoms. The lowest BCUT2D eigenvalue weighted by Crippen LogP contribution is -2.59. The molecule has 2 aliphatic heterocycles. The molecule has 330 valence electrons. The van der Waals surface area contributed by atoms with E-state index in [2.05, 4.69) is 42.2 Å². The predicted molar refractivity (Wildman–Crippen MR) is 227 cm³/mol. The molecule has 2 aliphatic rings. The van der Waals surface area contributed by atoms with Crippen LogP contribution in [0, 0.1) is 0 Å². The Hall–Kier alpha value is -6.82. The van der Waals surface area contributed by atoms with Gasteiger partial charge in [0.15, 0.2) is 0 Å². The topological polar surface area (TPSA) is 255 Å². The van der Waals surface area contributed by atoms with Crippen LogP contribution in [0.3, 0.4) is 0 Å². The van der Waals surface area contributed by atoms with Gasteiger partial charge in [-0.15, -0.1) is 5.10 Å². The minimum Gasteiger partial charge on any atom is -0.508 e. The lowest BCUT2D eigenvalue weighted by Gasteiger charge is -2.27. The van der Waals surface area contributed by atoms with Crippen LogP contribution >= 0.6 is 0 Å². The van der Waals surface area contributed by atoms with E-state index >= 15 is 0 Å². The molecular weight excluding hydrogens is 799 g/mol. The summed E-state index contributed by atoms with van der Waals surface area (Å²) >= 11 is 0. The van der Waals surface area contributed by atoms with Crippen molar-refractivity contribution in [3.63, 3.8) is 0 Å². The van der Waals surface area contributed by atoms with Crippen molar-refractivity contribution < 1.29 is 43.7 Å². The first-order chi connectivity index (χ1) is 29.9. The number of phenols is 1. The van der Waals surface area contributed by atoms with Gasteiger partial charge in [-0.05, 0) is 74.2 Å². The number of fused-ring (bicyclic) bond motifs is 22. The number of benzene rings is 3. The Kier molecular flexibility index (Phi) is 17.3. The number of phenolic OH excluding ortho intramolecular Hbond substituents is 1. The average molecular weight is 854 g/mol. The zero-order valence-corrected chi connectivity index (χ0v) is 34.8. The van der Waals surface area contributed by atoms with Crippen molar-refractivity contribution in [3.05, 3.63) is 107 Å².